The number of rotatable bonds is 5. The minimum absolute atomic E-state index is 0.127. The second-order valence-electron chi connectivity index (χ2n) is 4.04. The van der Waals surface area contributed by atoms with Crippen LogP contribution in [-0.2, 0) is 9.53 Å². The van der Waals surface area contributed by atoms with Gasteiger partial charge in [-0.2, -0.15) is 5.10 Å². The molecule has 2 heterocycles. The summed E-state index contributed by atoms with van der Waals surface area (Å²) in [7, 11) is 0. The van der Waals surface area contributed by atoms with Gasteiger partial charge in [-0.15, -0.1) is 0 Å². The van der Waals surface area contributed by atoms with Crippen molar-refractivity contribution in [1.82, 2.24) is 14.6 Å². The largest absolute Gasteiger partial charge is 0.454 e. The van der Waals surface area contributed by atoms with Crippen LogP contribution in [0.5, 0.6) is 0 Å². The molecule has 0 saturated carbocycles. The molecule has 2 rings (SSSR count). The number of esters is 1. The van der Waals surface area contributed by atoms with Crippen molar-refractivity contribution >= 4 is 17.4 Å². The molecule has 7 heteroatoms. The number of nitrogens with one attached hydrogen (secondary N) is 1. The maximum atomic E-state index is 11.7. The Kier molecular flexibility index (Phi) is 3.74. The number of pyridine rings is 1. The van der Waals surface area contributed by atoms with E-state index in [1.165, 1.54) is 22.7 Å². The quantitative estimate of drug-likeness (QED) is 0.795. The van der Waals surface area contributed by atoms with E-state index in [9.17, 15) is 14.4 Å². The molecule has 1 N–H and O–H groups in total. The zero-order valence-electron chi connectivity index (χ0n) is 10.4. The number of carbonyl (C=O) groups excluding carboxylic acids is 2. The predicted octanol–water partition coefficient (Wildman–Crippen LogP) is 0.549. The fourth-order valence-electron chi connectivity index (χ4n) is 1.61. The van der Waals surface area contributed by atoms with Gasteiger partial charge in [-0.05, 0) is 18.6 Å². The second-order valence-corrected chi connectivity index (χ2v) is 4.04. The summed E-state index contributed by atoms with van der Waals surface area (Å²) in [6.07, 6.45) is 2.42. The summed E-state index contributed by atoms with van der Waals surface area (Å²) in [6, 6.07) is 3.00. The average Bonchev–Trinajstić information content (AvgIpc) is 2.78. The fourth-order valence-corrected chi connectivity index (χ4v) is 1.61. The number of aromatic amines is 1. The summed E-state index contributed by atoms with van der Waals surface area (Å²) >= 11 is 0. The van der Waals surface area contributed by atoms with Gasteiger partial charge in [0.15, 0.2) is 11.4 Å². The molecule has 0 fully saturated rings. The number of ketones is 1. The number of ether oxygens (including phenoxy) is 1. The van der Waals surface area contributed by atoms with Gasteiger partial charge in [-0.1, -0.05) is 6.92 Å². The van der Waals surface area contributed by atoms with Crippen LogP contribution in [0.4, 0.5) is 0 Å². The molecular weight excluding hydrogens is 250 g/mol. The van der Waals surface area contributed by atoms with Crippen molar-refractivity contribution in [2.75, 3.05) is 6.61 Å². The molecule has 0 aliphatic heterocycles. The number of hydrogen-bond donors (Lipinski definition) is 1. The van der Waals surface area contributed by atoms with Gasteiger partial charge in [-0.3, -0.25) is 4.79 Å². The van der Waals surface area contributed by atoms with Crippen LogP contribution in [0.2, 0.25) is 0 Å². The highest BCUT2D eigenvalue weighted by Crippen LogP contribution is 2.04. The maximum Gasteiger partial charge on any atom is 0.347 e. The van der Waals surface area contributed by atoms with Gasteiger partial charge in [0.1, 0.15) is 6.61 Å². The van der Waals surface area contributed by atoms with Crippen molar-refractivity contribution in [2.24, 2.45) is 0 Å². The average molecular weight is 263 g/mol. The maximum absolute atomic E-state index is 11.7. The molecule has 100 valence electrons. The highest BCUT2D eigenvalue weighted by atomic mass is 16.5. The summed E-state index contributed by atoms with van der Waals surface area (Å²) < 4.78 is 6.07. The van der Waals surface area contributed by atoms with E-state index in [1.54, 1.807) is 0 Å². The van der Waals surface area contributed by atoms with E-state index in [2.05, 4.69) is 10.2 Å². The SMILES string of the molecule is CCCC(=O)COC(=O)c1ccc2n[nH]c(=O)n2c1. The van der Waals surface area contributed by atoms with Gasteiger partial charge < -0.3 is 4.74 Å². The van der Waals surface area contributed by atoms with Crippen LogP contribution in [-0.4, -0.2) is 33.0 Å². The Labute approximate surface area is 108 Å². The van der Waals surface area contributed by atoms with Crippen LogP contribution in [0.15, 0.2) is 23.1 Å². The Balaban J connectivity index is 2.11. The van der Waals surface area contributed by atoms with Gasteiger partial charge in [0, 0.05) is 12.6 Å². The Hall–Kier alpha value is -2.44. The van der Waals surface area contributed by atoms with Gasteiger partial charge >= 0.3 is 11.7 Å². The lowest BCUT2D eigenvalue weighted by Gasteiger charge is -2.03. The molecule has 0 radical (unpaired) electrons. The van der Waals surface area contributed by atoms with E-state index < -0.39 is 11.7 Å². The molecule has 2 aromatic rings. The number of nitrogens with zero attached hydrogens (tertiary/aromatic N) is 2. The molecule has 0 spiro atoms. The Bertz CT molecular complexity index is 671. The highest BCUT2D eigenvalue weighted by molar-refractivity contribution is 5.91. The van der Waals surface area contributed by atoms with E-state index in [-0.39, 0.29) is 18.0 Å². The smallest absolute Gasteiger partial charge is 0.347 e. The Morgan fingerprint density at radius 3 is 2.95 bits per heavy atom. The molecule has 0 unspecified atom stereocenters. The lowest BCUT2D eigenvalue weighted by Crippen LogP contribution is -2.15. The van der Waals surface area contributed by atoms with Crippen LogP contribution >= 0.6 is 0 Å². The molecule has 0 aromatic carbocycles. The van der Waals surface area contributed by atoms with E-state index in [0.717, 1.165) is 0 Å². The normalized spacial score (nSPS) is 10.6. The van der Waals surface area contributed by atoms with Crippen molar-refractivity contribution in [3.63, 3.8) is 0 Å². The number of hydrogen-bond acceptors (Lipinski definition) is 5. The number of carbonyl (C=O) groups is 2. The molecule has 0 amide bonds. The zero-order valence-corrected chi connectivity index (χ0v) is 10.4. The summed E-state index contributed by atoms with van der Waals surface area (Å²) in [5.41, 5.74) is 0.163. The zero-order chi connectivity index (χ0) is 13.8. The molecule has 0 bridgehead atoms. The first-order valence-corrected chi connectivity index (χ1v) is 5.87. The first-order chi connectivity index (χ1) is 9.11. The molecule has 19 heavy (non-hydrogen) atoms. The van der Waals surface area contributed by atoms with Crippen LogP contribution in [0, 0.1) is 0 Å². The van der Waals surface area contributed by atoms with Crippen molar-refractivity contribution in [1.29, 1.82) is 0 Å². The minimum Gasteiger partial charge on any atom is -0.454 e. The van der Waals surface area contributed by atoms with Crippen molar-refractivity contribution in [3.05, 3.63) is 34.4 Å². The highest BCUT2D eigenvalue weighted by Gasteiger charge is 2.11. The monoisotopic (exact) mass is 263 g/mol. The first-order valence-electron chi connectivity index (χ1n) is 5.87. The molecule has 0 aliphatic carbocycles. The van der Waals surface area contributed by atoms with Crippen LogP contribution in [0.1, 0.15) is 30.1 Å². The summed E-state index contributed by atoms with van der Waals surface area (Å²) in [6.45, 7) is 1.63. The fraction of sp³-hybridized carbons (Fsp3) is 0.333. The molecule has 0 atom stereocenters. The number of aromatic nitrogens is 3. The topological polar surface area (TPSA) is 93.5 Å². The second kappa shape index (κ2) is 5.47. The lowest BCUT2D eigenvalue weighted by molar-refractivity contribution is -0.122. The Morgan fingerprint density at radius 2 is 2.21 bits per heavy atom. The van der Waals surface area contributed by atoms with E-state index >= 15 is 0 Å². The number of Topliss-reactive ketones (excluding diaryl/α,β-unsaturated/α-hetero) is 1. The third-order valence-corrected chi connectivity index (χ3v) is 2.54. The molecule has 2 aromatic heterocycles. The van der Waals surface area contributed by atoms with Gasteiger partial charge in [0.2, 0.25) is 0 Å². The first kappa shape index (κ1) is 13.0. The number of fused-ring (bicyclic) bond motifs is 1. The molecule has 0 saturated heterocycles. The minimum atomic E-state index is -0.639. The van der Waals surface area contributed by atoms with Crippen LogP contribution in [0.25, 0.3) is 5.65 Å². The lowest BCUT2D eigenvalue weighted by atomic mass is 10.2. The van der Waals surface area contributed by atoms with Gasteiger partial charge in [0.25, 0.3) is 0 Å². The van der Waals surface area contributed by atoms with Crippen molar-refractivity contribution in [2.45, 2.75) is 19.8 Å². The van der Waals surface area contributed by atoms with Crippen LogP contribution < -0.4 is 5.69 Å². The number of H-pyrrole nitrogens is 1. The van der Waals surface area contributed by atoms with E-state index in [4.69, 9.17) is 4.74 Å². The third-order valence-electron chi connectivity index (χ3n) is 2.54. The predicted molar refractivity (Wildman–Crippen MR) is 66.0 cm³/mol. The van der Waals surface area contributed by atoms with Crippen molar-refractivity contribution in [3.8, 4) is 0 Å². The summed E-state index contributed by atoms with van der Waals surface area (Å²) in [5.74, 6) is -0.767. The van der Waals surface area contributed by atoms with E-state index in [0.29, 0.717) is 18.5 Å². The molecule has 7 nitrogen and oxygen atoms in total. The van der Waals surface area contributed by atoms with Gasteiger partial charge in [0.05, 0.1) is 5.56 Å². The molecule has 0 aliphatic rings. The van der Waals surface area contributed by atoms with Gasteiger partial charge in [-0.25, -0.2) is 19.1 Å². The van der Waals surface area contributed by atoms with E-state index in [1.807, 2.05) is 6.92 Å². The van der Waals surface area contributed by atoms with Crippen molar-refractivity contribution < 1.29 is 14.3 Å². The summed E-state index contributed by atoms with van der Waals surface area (Å²) in [4.78, 5) is 34.3. The molecular formula is C12H13N3O4. The summed E-state index contributed by atoms with van der Waals surface area (Å²) in [5, 5.41) is 6.00. The standard InChI is InChI=1S/C12H13N3O4/c1-2-3-9(16)7-19-11(17)8-4-5-10-13-14-12(18)15(10)6-8/h4-6H,2-3,7H2,1H3,(H,14,18). The van der Waals surface area contributed by atoms with Crippen LogP contribution in [0.3, 0.4) is 0 Å². The Morgan fingerprint density at radius 1 is 1.42 bits per heavy atom. The third kappa shape index (κ3) is 2.87.